The maximum absolute atomic E-state index is 12.8. The van der Waals surface area contributed by atoms with Crippen LogP contribution >= 0.6 is 0 Å². The van der Waals surface area contributed by atoms with Crippen molar-refractivity contribution in [2.75, 3.05) is 13.1 Å². The minimum Gasteiger partial charge on any atom is -0.334 e. The summed E-state index contributed by atoms with van der Waals surface area (Å²) in [5.41, 5.74) is 9.57. The van der Waals surface area contributed by atoms with Crippen molar-refractivity contribution < 1.29 is 4.79 Å². The third-order valence-corrected chi connectivity index (χ3v) is 5.28. The summed E-state index contributed by atoms with van der Waals surface area (Å²) in [4.78, 5) is 14.9. The zero-order valence-corrected chi connectivity index (χ0v) is 13.0. The molecule has 2 atom stereocenters. The van der Waals surface area contributed by atoms with E-state index in [1.807, 2.05) is 11.0 Å². The van der Waals surface area contributed by atoms with Crippen molar-refractivity contribution in [1.29, 1.82) is 0 Å². The molecule has 0 bridgehead atoms. The van der Waals surface area contributed by atoms with E-state index in [0.717, 1.165) is 43.7 Å². The van der Waals surface area contributed by atoms with Crippen LogP contribution in [0.2, 0.25) is 0 Å². The Kier molecular flexibility index (Phi) is 4.29. The minimum atomic E-state index is 0.176. The summed E-state index contributed by atoms with van der Waals surface area (Å²) in [5, 5.41) is 0. The van der Waals surface area contributed by atoms with Crippen molar-refractivity contribution in [3.8, 4) is 0 Å². The highest BCUT2D eigenvalue weighted by atomic mass is 16.2. The first-order chi connectivity index (χ1) is 10.2. The number of carbonyl (C=O) groups excluding carboxylic acids is 1. The number of nitrogens with two attached hydrogens (primary N) is 1. The van der Waals surface area contributed by atoms with E-state index in [1.165, 1.54) is 24.0 Å². The summed E-state index contributed by atoms with van der Waals surface area (Å²) in [6.07, 6.45) is 6.87. The van der Waals surface area contributed by atoms with E-state index in [0.29, 0.717) is 6.54 Å². The number of piperidine rings is 1. The van der Waals surface area contributed by atoms with E-state index in [4.69, 9.17) is 5.73 Å². The van der Waals surface area contributed by atoms with Crippen LogP contribution in [-0.4, -0.2) is 29.9 Å². The van der Waals surface area contributed by atoms with Crippen LogP contribution in [0.1, 0.15) is 54.1 Å². The Morgan fingerprint density at radius 1 is 1.33 bits per heavy atom. The van der Waals surface area contributed by atoms with Crippen LogP contribution < -0.4 is 5.73 Å². The van der Waals surface area contributed by atoms with E-state index in [9.17, 15) is 4.79 Å². The molecule has 1 aliphatic heterocycles. The van der Waals surface area contributed by atoms with Gasteiger partial charge in [0.2, 0.25) is 0 Å². The van der Waals surface area contributed by atoms with Gasteiger partial charge in [-0.2, -0.15) is 0 Å². The molecule has 0 spiro atoms. The zero-order valence-electron chi connectivity index (χ0n) is 13.0. The maximum atomic E-state index is 12.8. The number of nitrogens with zero attached hydrogens (tertiary/aromatic N) is 1. The molecule has 2 unspecified atom stereocenters. The molecule has 1 amide bonds. The number of rotatable bonds is 3. The summed E-state index contributed by atoms with van der Waals surface area (Å²) < 4.78 is 0. The van der Waals surface area contributed by atoms with Crippen molar-refractivity contribution in [2.45, 2.75) is 51.5 Å². The van der Waals surface area contributed by atoms with Crippen molar-refractivity contribution >= 4 is 5.91 Å². The smallest absolute Gasteiger partial charge is 0.254 e. The second kappa shape index (κ2) is 6.18. The first kappa shape index (κ1) is 14.6. The van der Waals surface area contributed by atoms with E-state index in [2.05, 4.69) is 19.1 Å². The van der Waals surface area contributed by atoms with Crippen LogP contribution in [0.5, 0.6) is 0 Å². The third kappa shape index (κ3) is 2.84. The standard InChI is InChI=1S/C18H26N2O/c1-2-13-8-9-20(17(10-13)12-19)18(21)16-7-6-14-4-3-5-15(14)11-16/h6-7,11,13,17H,2-5,8-10,12,19H2,1H3. The molecule has 1 fully saturated rings. The molecule has 1 aromatic carbocycles. The fraction of sp³-hybridized carbons (Fsp3) is 0.611. The van der Waals surface area contributed by atoms with Gasteiger partial charge in [0, 0.05) is 24.7 Å². The predicted octanol–water partition coefficient (Wildman–Crippen LogP) is 2.76. The minimum absolute atomic E-state index is 0.176. The highest BCUT2D eigenvalue weighted by molar-refractivity contribution is 5.94. The van der Waals surface area contributed by atoms with Gasteiger partial charge in [-0.05, 0) is 61.3 Å². The quantitative estimate of drug-likeness (QED) is 0.928. The number of benzene rings is 1. The van der Waals surface area contributed by atoms with Gasteiger partial charge in [0.05, 0.1) is 0 Å². The molecule has 114 valence electrons. The lowest BCUT2D eigenvalue weighted by atomic mass is 9.88. The van der Waals surface area contributed by atoms with E-state index >= 15 is 0 Å². The largest absolute Gasteiger partial charge is 0.334 e. The third-order valence-electron chi connectivity index (χ3n) is 5.28. The van der Waals surface area contributed by atoms with Gasteiger partial charge in [0.25, 0.3) is 5.91 Å². The highest BCUT2D eigenvalue weighted by Gasteiger charge is 2.30. The Labute approximate surface area is 127 Å². The Balaban J connectivity index is 1.78. The molecular formula is C18H26N2O. The van der Waals surface area contributed by atoms with Gasteiger partial charge in [0.15, 0.2) is 0 Å². The molecule has 1 saturated heterocycles. The molecular weight excluding hydrogens is 260 g/mol. The average Bonchev–Trinajstić information content (AvgIpc) is 3.01. The van der Waals surface area contributed by atoms with Crippen LogP contribution in [0, 0.1) is 5.92 Å². The second-order valence-electron chi connectivity index (χ2n) is 6.52. The van der Waals surface area contributed by atoms with Crippen molar-refractivity contribution in [3.05, 3.63) is 34.9 Å². The molecule has 0 radical (unpaired) electrons. The summed E-state index contributed by atoms with van der Waals surface area (Å²) >= 11 is 0. The van der Waals surface area contributed by atoms with Gasteiger partial charge in [-0.1, -0.05) is 19.4 Å². The summed E-state index contributed by atoms with van der Waals surface area (Å²) in [7, 11) is 0. The molecule has 0 aromatic heterocycles. The van der Waals surface area contributed by atoms with Crippen LogP contribution in [0.25, 0.3) is 0 Å². The zero-order chi connectivity index (χ0) is 14.8. The van der Waals surface area contributed by atoms with Crippen LogP contribution in [-0.2, 0) is 12.8 Å². The number of aryl methyl sites for hydroxylation is 2. The number of likely N-dealkylation sites (tertiary alicyclic amines) is 1. The first-order valence-corrected chi connectivity index (χ1v) is 8.35. The average molecular weight is 286 g/mol. The van der Waals surface area contributed by atoms with Crippen molar-refractivity contribution in [2.24, 2.45) is 11.7 Å². The second-order valence-corrected chi connectivity index (χ2v) is 6.52. The van der Waals surface area contributed by atoms with Gasteiger partial charge in [-0.3, -0.25) is 4.79 Å². The molecule has 3 nitrogen and oxygen atoms in total. The van der Waals surface area contributed by atoms with Gasteiger partial charge < -0.3 is 10.6 Å². The lowest BCUT2D eigenvalue weighted by Crippen LogP contribution is -2.49. The molecule has 3 rings (SSSR count). The molecule has 0 saturated carbocycles. The van der Waals surface area contributed by atoms with Gasteiger partial charge >= 0.3 is 0 Å². The molecule has 2 N–H and O–H groups in total. The van der Waals surface area contributed by atoms with Gasteiger partial charge in [-0.15, -0.1) is 0 Å². The van der Waals surface area contributed by atoms with E-state index in [1.54, 1.807) is 0 Å². The number of fused-ring (bicyclic) bond motifs is 1. The molecule has 1 aliphatic carbocycles. The number of hydrogen-bond donors (Lipinski definition) is 1. The topological polar surface area (TPSA) is 46.3 Å². The van der Waals surface area contributed by atoms with Crippen LogP contribution in [0.4, 0.5) is 0 Å². The van der Waals surface area contributed by atoms with E-state index < -0.39 is 0 Å². The number of hydrogen-bond acceptors (Lipinski definition) is 2. The monoisotopic (exact) mass is 286 g/mol. The van der Waals surface area contributed by atoms with Crippen molar-refractivity contribution in [3.63, 3.8) is 0 Å². The Hall–Kier alpha value is -1.35. The van der Waals surface area contributed by atoms with Gasteiger partial charge in [0.1, 0.15) is 0 Å². The fourth-order valence-corrected chi connectivity index (χ4v) is 3.87. The van der Waals surface area contributed by atoms with Gasteiger partial charge in [-0.25, -0.2) is 0 Å². The Bertz CT molecular complexity index is 526. The maximum Gasteiger partial charge on any atom is 0.254 e. The van der Waals surface area contributed by atoms with E-state index in [-0.39, 0.29) is 11.9 Å². The normalized spacial score (nSPS) is 25.0. The molecule has 1 aromatic rings. The summed E-state index contributed by atoms with van der Waals surface area (Å²) in [6, 6.07) is 6.48. The van der Waals surface area contributed by atoms with Crippen LogP contribution in [0.15, 0.2) is 18.2 Å². The van der Waals surface area contributed by atoms with Crippen molar-refractivity contribution in [1.82, 2.24) is 4.90 Å². The number of carbonyl (C=O) groups is 1. The Morgan fingerprint density at radius 3 is 2.90 bits per heavy atom. The fourth-order valence-electron chi connectivity index (χ4n) is 3.87. The summed E-state index contributed by atoms with van der Waals surface area (Å²) in [6.45, 7) is 3.67. The molecule has 21 heavy (non-hydrogen) atoms. The predicted molar refractivity (Wildman–Crippen MR) is 85.4 cm³/mol. The van der Waals surface area contributed by atoms with Crippen LogP contribution in [0.3, 0.4) is 0 Å². The summed E-state index contributed by atoms with van der Waals surface area (Å²) in [5.74, 6) is 0.900. The molecule has 3 heteroatoms. The Morgan fingerprint density at radius 2 is 2.14 bits per heavy atom. The highest BCUT2D eigenvalue weighted by Crippen LogP contribution is 2.28. The number of amides is 1. The SMILES string of the molecule is CCC1CCN(C(=O)c2ccc3c(c2)CCC3)C(CN)C1. The molecule has 2 aliphatic rings. The lowest BCUT2D eigenvalue weighted by molar-refractivity contribution is 0.0558. The molecule has 1 heterocycles. The first-order valence-electron chi connectivity index (χ1n) is 8.35. The lowest BCUT2D eigenvalue weighted by Gasteiger charge is -2.39.